The van der Waals surface area contributed by atoms with Crippen molar-refractivity contribution in [2.75, 3.05) is 18.6 Å². The fraction of sp³-hybridized carbons (Fsp3) is 0.267. The van der Waals surface area contributed by atoms with Crippen molar-refractivity contribution in [3.8, 4) is 0 Å². The number of nitrogens with two attached hydrogens (primary N) is 1. The first-order valence-electron chi connectivity index (χ1n) is 7.97. The van der Waals surface area contributed by atoms with E-state index in [-0.39, 0.29) is 22.4 Å². The monoisotopic (exact) mass is 581 g/mol. The van der Waals surface area contributed by atoms with Gasteiger partial charge in [-0.05, 0) is 37.9 Å². The number of fused-ring (bicyclic) bond motifs is 1. The number of anilines is 1. The number of aromatic nitrogens is 1. The van der Waals surface area contributed by atoms with Crippen LogP contribution in [0.3, 0.4) is 0 Å². The van der Waals surface area contributed by atoms with Crippen LogP contribution in [-0.4, -0.2) is 63.0 Å². The Morgan fingerprint density at radius 1 is 1.50 bits per heavy atom. The highest BCUT2D eigenvalue weighted by atomic mass is 79.9. The number of ether oxygens (including phenoxy) is 1. The van der Waals surface area contributed by atoms with Gasteiger partial charge in [0.25, 0.3) is 11.8 Å². The number of thiazole rings is 1. The third-order valence-electron chi connectivity index (χ3n) is 3.86. The number of allylic oxidation sites excluding steroid dienone is 1. The molecule has 1 saturated heterocycles. The molecule has 2 aliphatic rings. The number of carboxylic acid groups (broad SMARTS) is 1. The van der Waals surface area contributed by atoms with Gasteiger partial charge < -0.3 is 25.7 Å². The Bertz CT molecular complexity index is 990. The van der Waals surface area contributed by atoms with E-state index in [9.17, 15) is 14.4 Å². The summed E-state index contributed by atoms with van der Waals surface area (Å²) in [6.45, 7) is 0. The lowest BCUT2D eigenvalue weighted by Gasteiger charge is -2.48. The molecule has 0 bridgehead atoms. The highest BCUT2D eigenvalue weighted by Crippen LogP contribution is 2.41. The molecule has 2 amide bonds. The highest BCUT2D eigenvalue weighted by Gasteiger charge is 2.54. The topological polar surface area (TPSA) is 156 Å². The number of hydrogen-bond acceptors (Lipinski definition) is 10. The molecule has 15 heteroatoms. The van der Waals surface area contributed by atoms with Gasteiger partial charge in [-0.25, -0.2) is 9.78 Å². The Labute approximate surface area is 194 Å². The van der Waals surface area contributed by atoms with Crippen LogP contribution >= 0.6 is 55.0 Å². The molecule has 160 valence electrons. The number of oxime groups is 1. The van der Waals surface area contributed by atoms with Crippen LogP contribution in [0.1, 0.15) is 5.69 Å². The molecular formula is C15H13Br2N5O6S2. The van der Waals surface area contributed by atoms with Gasteiger partial charge in [-0.15, -0.1) is 23.1 Å². The van der Waals surface area contributed by atoms with Crippen molar-refractivity contribution in [2.24, 2.45) is 5.16 Å². The first kappa shape index (κ1) is 22.6. The Morgan fingerprint density at radius 3 is 2.80 bits per heavy atom. The molecule has 0 radical (unpaired) electrons. The zero-order valence-electron chi connectivity index (χ0n) is 15.0. The highest BCUT2D eigenvalue weighted by molar-refractivity contribution is 9.28. The second kappa shape index (κ2) is 9.36. The van der Waals surface area contributed by atoms with Crippen molar-refractivity contribution >= 4 is 83.8 Å². The summed E-state index contributed by atoms with van der Waals surface area (Å²) in [4.78, 5) is 46.4. The number of nitrogens with zero attached hydrogens (tertiary/aromatic N) is 3. The van der Waals surface area contributed by atoms with Crippen LogP contribution in [0, 0.1) is 0 Å². The van der Waals surface area contributed by atoms with E-state index in [0.717, 1.165) is 11.3 Å². The molecular weight excluding hydrogens is 570 g/mol. The zero-order valence-corrected chi connectivity index (χ0v) is 19.8. The number of carbonyl (C=O) groups is 3. The van der Waals surface area contributed by atoms with Crippen molar-refractivity contribution in [1.29, 1.82) is 0 Å². The summed E-state index contributed by atoms with van der Waals surface area (Å²) in [7, 11) is 1.27. The Kier molecular flexibility index (Phi) is 7.05. The summed E-state index contributed by atoms with van der Waals surface area (Å²) < 4.78 is 5.40. The number of hydrogen-bond donors (Lipinski definition) is 3. The van der Waals surface area contributed by atoms with Crippen LogP contribution in [0.25, 0.3) is 0 Å². The number of thioether (sulfide) groups is 1. The van der Waals surface area contributed by atoms with Crippen molar-refractivity contribution < 1.29 is 29.1 Å². The molecule has 4 N–H and O–H groups in total. The van der Waals surface area contributed by atoms with Gasteiger partial charge in [-0.2, -0.15) is 0 Å². The number of amides is 2. The van der Waals surface area contributed by atoms with Gasteiger partial charge >= 0.3 is 6.16 Å². The third kappa shape index (κ3) is 4.63. The van der Waals surface area contributed by atoms with E-state index >= 15 is 0 Å². The SMILES string of the molecule is CON=C(C(=O)NC1C(=O)N2C(OC(=O)O)=C(C=C(Br)Br)CS[C@@H]12)c1csc(N)n1. The van der Waals surface area contributed by atoms with Crippen molar-refractivity contribution in [1.82, 2.24) is 15.2 Å². The van der Waals surface area contributed by atoms with Gasteiger partial charge in [0, 0.05) is 16.7 Å². The molecule has 2 atom stereocenters. The Morgan fingerprint density at radius 2 is 2.23 bits per heavy atom. The smallest absolute Gasteiger partial charge is 0.449 e. The van der Waals surface area contributed by atoms with Gasteiger partial charge in [0.15, 0.2) is 10.8 Å². The normalized spacial score (nSPS) is 20.8. The van der Waals surface area contributed by atoms with Crippen LogP contribution in [0.4, 0.5) is 9.93 Å². The lowest BCUT2D eigenvalue weighted by atomic mass is 10.1. The molecule has 1 aromatic heterocycles. The Balaban J connectivity index is 1.81. The first-order chi connectivity index (χ1) is 14.2. The first-order valence-corrected chi connectivity index (χ1v) is 11.5. The second-order valence-electron chi connectivity index (χ2n) is 5.69. The maximum atomic E-state index is 12.7. The number of rotatable bonds is 6. The number of carbonyl (C=O) groups excluding carboxylic acids is 2. The fourth-order valence-corrected chi connectivity index (χ4v) is 5.09. The molecule has 30 heavy (non-hydrogen) atoms. The summed E-state index contributed by atoms with van der Waals surface area (Å²) in [6.07, 6.45) is 0.0413. The quantitative estimate of drug-likeness (QED) is 0.197. The number of β-lactam (4-membered cyclic amide) rings is 1. The maximum absolute atomic E-state index is 12.7. The van der Waals surface area contributed by atoms with Gasteiger partial charge in [-0.3, -0.25) is 14.5 Å². The summed E-state index contributed by atoms with van der Waals surface area (Å²) in [5.41, 5.74) is 6.16. The molecule has 1 aromatic rings. The van der Waals surface area contributed by atoms with Gasteiger partial charge in [0.05, 0.1) is 3.39 Å². The predicted molar refractivity (Wildman–Crippen MR) is 117 cm³/mol. The molecule has 1 unspecified atom stereocenters. The van der Waals surface area contributed by atoms with Crippen molar-refractivity contribution in [3.05, 3.63) is 32.0 Å². The van der Waals surface area contributed by atoms with Gasteiger partial charge in [0.2, 0.25) is 5.88 Å². The molecule has 3 heterocycles. The largest absolute Gasteiger partial charge is 0.512 e. The van der Waals surface area contributed by atoms with E-state index in [1.165, 1.54) is 29.2 Å². The van der Waals surface area contributed by atoms with Crippen LogP contribution in [-0.2, 0) is 19.2 Å². The minimum absolute atomic E-state index is 0.101. The molecule has 3 rings (SSSR count). The van der Waals surface area contributed by atoms with E-state index < -0.39 is 29.4 Å². The summed E-state index contributed by atoms with van der Waals surface area (Å²) in [5, 5.41) is 16.5. The van der Waals surface area contributed by atoms with E-state index in [1.807, 2.05) is 0 Å². The number of nitrogen functional groups attached to an aromatic ring is 1. The zero-order chi connectivity index (χ0) is 22.0. The number of halogens is 2. The molecule has 2 aliphatic heterocycles. The van der Waals surface area contributed by atoms with Crippen LogP contribution in [0.2, 0.25) is 0 Å². The fourth-order valence-electron chi connectivity index (χ4n) is 2.71. The molecule has 0 aromatic carbocycles. The molecule has 0 saturated carbocycles. The number of nitrogens with one attached hydrogen (secondary N) is 1. The standard InChI is InChI=1S/C15H13Br2N5O6S2/c1-27-21-8(6-4-30-14(18)19-6)10(23)20-9-11(24)22-12(28-15(25)26)5(2-7(16)17)3-29-13(9)22/h2,4,9,13H,3H2,1H3,(H2,18,19)(H,20,23)(H,25,26)/t9?,13-/m0/s1. The lowest BCUT2D eigenvalue weighted by Crippen LogP contribution is -2.70. The molecule has 0 spiro atoms. The maximum Gasteiger partial charge on any atom is 0.512 e. The third-order valence-corrected chi connectivity index (χ3v) is 6.30. The van der Waals surface area contributed by atoms with E-state index in [4.69, 9.17) is 20.4 Å². The summed E-state index contributed by atoms with van der Waals surface area (Å²) in [6, 6.07) is -0.911. The second-order valence-corrected chi connectivity index (χ2v) is 10.5. The van der Waals surface area contributed by atoms with E-state index in [0.29, 0.717) is 14.7 Å². The lowest BCUT2D eigenvalue weighted by molar-refractivity contribution is -0.148. The van der Waals surface area contributed by atoms with Crippen LogP contribution in [0.15, 0.2) is 31.5 Å². The van der Waals surface area contributed by atoms with Gasteiger partial charge in [-0.1, -0.05) is 5.16 Å². The van der Waals surface area contributed by atoms with Crippen molar-refractivity contribution in [3.63, 3.8) is 0 Å². The minimum atomic E-state index is -1.55. The molecule has 11 nitrogen and oxygen atoms in total. The van der Waals surface area contributed by atoms with E-state index in [2.05, 4.69) is 47.3 Å². The van der Waals surface area contributed by atoms with Crippen LogP contribution in [0.5, 0.6) is 0 Å². The van der Waals surface area contributed by atoms with Crippen molar-refractivity contribution in [2.45, 2.75) is 11.4 Å². The Hall–Kier alpha value is -2.10. The average Bonchev–Trinajstić information content (AvgIpc) is 3.10. The molecule has 0 aliphatic carbocycles. The minimum Gasteiger partial charge on any atom is -0.449 e. The van der Waals surface area contributed by atoms with Gasteiger partial charge in [0.1, 0.15) is 24.2 Å². The molecule has 1 fully saturated rings. The summed E-state index contributed by atoms with van der Waals surface area (Å²) >= 11 is 8.87. The summed E-state index contributed by atoms with van der Waals surface area (Å²) in [5.74, 6) is -0.954. The van der Waals surface area contributed by atoms with E-state index in [1.54, 1.807) is 6.08 Å². The van der Waals surface area contributed by atoms with Crippen LogP contribution < -0.4 is 11.1 Å². The predicted octanol–water partition coefficient (Wildman–Crippen LogP) is 2.01. The average molecular weight is 583 g/mol.